The average molecular weight is 299 g/mol. The van der Waals surface area contributed by atoms with Crippen LogP contribution in [-0.2, 0) is 9.53 Å². The molecule has 0 spiro atoms. The lowest BCUT2D eigenvalue weighted by atomic mass is 10.3. The van der Waals surface area contributed by atoms with E-state index < -0.39 is 0 Å². The molecule has 22 heavy (non-hydrogen) atoms. The quantitative estimate of drug-likeness (QED) is 0.734. The number of aromatic nitrogens is 2. The number of carbonyl (C=O) groups is 1. The normalized spacial score (nSPS) is 10.8. The van der Waals surface area contributed by atoms with E-state index in [1.165, 1.54) is 0 Å². The summed E-state index contributed by atoms with van der Waals surface area (Å²) in [4.78, 5) is 16.2. The third kappa shape index (κ3) is 2.55. The number of ether oxygens (including phenoxy) is 1. The van der Waals surface area contributed by atoms with E-state index in [2.05, 4.69) is 10.3 Å². The van der Waals surface area contributed by atoms with Crippen LogP contribution in [0.1, 0.15) is 12.6 Å². The maximum absolute atomic E-state index is 11.6. The highest BCUT2D eigenvalue weighted by atomic mass is 16.5. The molecule has 3 aromatic rings. The Bertz CT molecular complexity index is 790. The van der Waals surface area contributed by atoms with Crippen LogP contribution < -0.4 is 5.32 Å². The van der Waals surface area contributed by atoms with E-state index in [0.717, 1.165) is 17.2 Å². The SMILES string of the molecule is CCOC(=O)CNc1c(-c2ccco2)nc2cccc(C)n12. The first-order chi connectivity index (χ1) is 10.7. The van der Waals surface area contributed by atoms with Crippen LogP contribution in [0.15, 0.2) is 41.0 Å². The Morgan fingerprint density at radius 1 is 1.36 bits per heavy atom. The summed E-state index contributed by atoms with van der Waals surface area (Å²) in [5.41, 5.74) is 2.47. The van der Waals surface area contributed by atoms with E-state index in [4.69, 9.17) is 9.15 Å². The monoisotopic (exact) mass is 299 g/mol. The maximum atomic E-state index is 11.6. The molecule has 6 nitrogen and oxygen atoms in total. The van der Waals surface area contributed by atoms with Crippen molar-refractivity contribution in [3.8, 4) is 11.5 Å². The molecule has 1 N–H and O–H groups in total. The number of esters is 1. The van der Waals surface area contributed by atoms with Crippen molar-refractivity contribution >= 4 is 17.4 Å². The Morgan fingerprint density at radius 3 is 2.95 bits per heavy atom. The lowest BCUT2D eigenvalue weighted by Crippen LogP contribution is -2.18. The van der Waals surface area contributed by atoms with Crippen molar-refractivity contribution in [1.29, 1.82) is 0 Å². The second kappa shape index (κ2) is 5.93. The average Bonchev–Trinajstić information content (AvgIpc) is 3.13. The number of hydrogen-bond donors (Lipinski definition) is 1. The minimum Gasteiger partial charge on any atom is -0.465 e. The second-order valence-electron chi connectivity index (χ2n) is 4.81. The molecule has 3 heterocycles. The molecule has 0 aliphatic heterocycles. The van der Waals surface area contributed by atoms with Gasteiger partial charge in [0.2, 0.25) is 0 Å². The van der Waals surface area contributed by atoms with Crippen molar-refractivity contribution < 1.29 is 13.9 Å². The van der Waals surface area contributed by atoms with E-state index in [-0.39, 0.29) is 12.5 Å². The molecule has 0 saturated heterocycles. The molecule has 3 rings (SSSR count). The summed E-state index contributed by atoms with van der Waals surface area (Å²) in [5, 5.41) is 3.12. The van der Waals surface area contributed by atoms with Crippen LogP contribution in [0, 0.1) is 6.92 Å². The molecular formula is C16H17N3O3. The van der Waals surface area contributed by atoms with Crippen LogP contribution in [0.3, 0.4) is 0 Å². The molecule has 0 aliphatic carbocycles. The largest absolute Gasteiger partial charge is 0.465 e. The molecule has 3 aromatic heterocycles. The third-order valence-corrected chi connectivity index (χ3v) is 3.30. The van der Waals surface area contributed by atoms with Gasteiger partial charge in [0.1, 0.15) is 23.7 Å². The molecule has 0 aromatic carbocycles. The first-order valence-corrected chi connectivity index (χ1v) is 7.12. The highest BCUT2D eigenvalue weighted by molar-refractivity contribution is 5.79. The van der Waals surface area contributed by atoms with Gasteiger partial charge in [0, 0.05) is 5.69 Å². The molecule has 0 fully saturated rings. The Balaban J connectivity index is 2.04. The fraction of sp³-hybridized carbons (Fsp3) is 0.250. The zero-order valence-corrected chi connectivity index (χ0v) is 12.5. The van der Waals surface area contributed by atoms with Crippen molar-refractivity contribution in [2.45, 2.75) is 13.8 Å². The Morgan fingerprint density at radius 2 is 2.23 bits per heavy atom. The van der Waals surface area contributed by atoms with Gasteiger partial charge in [0.05, 0.1) is 12.9 Å². The number of rotatable bonds is 5. The van der Waals surface area contributed by atoms with Gasteiger partial charge in [-0.1, -0.05) is 6.07 Å². The molecule has 0 bridgehead atoms. The second-order valence-corrected chi connectivity index (χ2v) is 4.81. The van der Waals surface area contributed by atoms with Crippen LogP contribution in [-0.4, -0.2) is 28.5 Å². The summed E-state index contributed by atoms with van der Waals surface area (Å²) in [5.74, 6) is 1.06. The number of hydrogen-bond acceptors (Lipinski definition) is 5. The molecule has 0 saturated carbocycles. The van der Waals surface area contributed by atoms with Crippen molar-refractivity contribution in [3.63, 3.8) is 0 Å². The van der Waals surface area contributed by atoms with Crippen LogP contribution in [0.4, 0.5) is 5.82 Å². The van der Waals surface area contributed by atoms with E-state index in [1.54, 1.807) is 19.3 Å². The Kier molecular flexibility index (Phi) is 3.82. The molecule has 0 aliphatic rings. The number of fused-ring (bicyclic) bond motifs is 1. The number of furan rings is 1. The summed E-state index contributed by atoms with van der Waals surface area (Å²) in [6, 6.07) is 9.48. The van der Waals surface area contributed by atoms with Crippen LogP contribution in [0.25, 0.3) is 17.1 Å². The van der Waals surface area contributed by atoms with Gasteiger partial charge in [-0.2, -0.15) is 0 Å². The molecule has 0 unspecified atom stereocenters. The molecule has 0 atom stereocenters. The smallest absolute Gasteiger partial charge is 0.325 e. The van der Waals surface area contributed by atoms with Crippen LogP contribution in [0.5, 0.6) is 0 Å². The fourth-order valence-corrected chi connectivity index (χ4v) is 2.37. The molecule has 0 amide bonds. The number of carbonyl (C=O) groups excluding carboxylic acids is 1. The zero-order chi connectivity index (χ0) is 15.5. The number of nitrogens with one attached hydrogen (secondary N) is 1. The number of aryl methyl sites for hydroxylation is 1. The van der Waals surface area contributed by atoms with Gasteiger partial charge in [-0.25, -0.2) is 4.98 Å². The van der Waals surface area contributed by atoms with E-state index in [1.807, 2.05) is 35.6 Å². The van der Waals surface area contributed by atoms with Gasteiger partial charge in [0.15, 0.2) is 5.76 Å². The summed E-state index contributed by atoms with van der Waals surface area (Å²) in [6.45, 7) is 4.20. The van der Waals surface area contributed by atoms with Gasteiger partial charge in [-0.05, 0) is 38.1 Å². The first-order valence-electron chi connectivity index (χ1n) is 7.12. The van der Waals surface area contributed by atoms with Crippen molar-refractivity contribution in [2.75, 3.05) is 18.5 Å². The van der Waals surface area contributed by atoms with Crippen molar-refractivity contribution in [2.24, 2.45) is 0 Å². The van der Waals surface area contributed by atoms with E-state index in [0.29, 0.717) is 18.1 Å². The first kappa shape index (κ1) is 14.2. The Hall–Kier alpha value is -2.76. The molecule has 6 heteroatoms. The third-order valence-electron chi connectivity index (χ3n) is 3.30. The minimum atomic E-state index is -0.309. The molecular weight excluding hydrogens is 282 g/mol. The minimum absolute atomic E-state index is 0.0731. The Labute approximate surface area is 127 Å². The standard InChI is InChI=1S/C16H17N3O3/c1-3-21-14(20)10-17-16-15(12-7-5-9-22-12)18-13-8-4-6-11(2)19(13)16/h4-9,17H,3,10H2,1-2H3. The van der Waals surface area contributed by atoms with Gasteiger partial charge in [-0.15, -0.1) is 0 Å². The predicted molar refractivity (Wildman–Crippen MR) is 82.8 cm³/mol. The van der Waals surface area contributed by atoms with Gasteiger partial charge < -0.3 is 14.5 Å². The van der Waals surface area contributed by atoms with Gasteiger partial charge >= 0.3 is 5.97 Å². The lowest BCUT2D eigenvalue weighted by molar-refractivity contribution is -0.140. The van der Waals surface area contributed by atoms with E-state index >= 15 is 0 Å². The van der Waals surface area contributed by atoms with Crippen LogP contribution >= 0.6 is 0 Å². The molecule has 114 valence electrons. The number of nitrogens with zero attached hydrogens (tertiary/aromatic N) is 2. The van der Waals surface area contributed by atoms with Gasteiger partial charge in [0.25, 0.3) is 0 Å². The lowest BCUT2D eigenvalue weighted by Gasteiger charge is -2.09. The van der Waals surface area contributed by atoms with Crippen LogP contribution in [0.2, 0.25) is 0 Å². The summed E-state index contributed by atoms with van der Waals surface area (Å²) >= 11 is 0. The highest BCUT2D eigenvalue weighted by Crippen LogP contribution is 2.29. The van der Waals surface area contributed by atoms with Crippen molar-refractivity contribution in [1.82, 2.24) is 9.38 Å². The van der Waals surface area contributed by atoms with E-state index in [9.17, 15) is 4.79 Å². The highest BCUT2D eigenvalue weighted by Gasteiger charge is 2.18. The van der Waals surface area contributed by atoms with Gasteiger partial charge in [-0.3, -0.25) is 9.20 Å². The zero-order valence-electron chi connectivity index (χ0n) is 12.5. The number of pyridine rings is 1. The maximum Gasteiger partial charge on any atom is 0.325 e. The number of anilines is 1. The summed E-state index contributed by atoms with van der Waals surface area (Å²) in [6.07, 6.45) is 1.60. The number of imidazole rings is 1. The summed E-state index contributed by atoms with van der Waals surface area (Å²) in [7, 11) is 0. The molecule has 0 radical (unpaired) electrons. The summed E-state index contributed by atoms with van der Waals surface area (Å²) < 4.78 is 12.4. The van der Waals surface area contributed by atoms with Crippen molar-refractivity contribution in [3.05, 3.63) is 42.3 Å². The fourth-order valence-electron chi connectivity index (χ4n) is 2.37. The predicted octanol–water partition coefficient (Wildman–Crippen LogP) is 2.88. The topological polar surface area (TPSA) is 68.8 Å².